The van der Waals surface area contributed by atoms with E-state index in [4.69, 9.17) is 9.84 Å². The molecule has 1 aromatic carbocycles. The minimum atomic E-state index is -1.08. The molecule has 0 aliphatic heterocycles. The van der Waals surface area contributed by atoms with Gasteiger partial charge >= 0.3 is 5.97 Å². The third-order valence-electron chi connectivity index (χ3n) is 2.68. The second-order valence-electron chi connectivity index (χ2n) is 4.53. The molecular weight excluding hydrogens is 234 g/mol. The molecule has 1 fully saturated rings. The van der Waals surface area contributed by atoms with Gasteiger partial charge in [-0.25, -0.2) is 4.79 Å². The van der Waals surface area contributed by atoms with Crippen LogP contribution in [0, 0.1) is 0 Å². The number of carboxylic acids is 1. The van der Waals surface area contributed by atoms with Crippen molar-refractivity contribution in [1.82, 2.24) is 4.90 Å². The van der Waals surface area contributed by atoms with Crippen molar-refractivity contribution in [2.45, 2.75) is 18.9 Å². The Balaban J connectivity index is 2.32. The highest BCUT2D eigenvalue weighted by Gasteiger charge is 2.26. The van der Waals surface area contributed by atoms with E-state index in [1.54, 1.807) is 26.2 Å². The van der Waals surface area contributed by atoms with Gasteiger partial charge < -0.3 is 14.7 Å². The summed E-state index contributed by atoms with van der Waals surface area (Å²) < 4.78 is 5.51. The fourth-order valence-corrected chi connectivity index (χ4v) is 1.56. The Kier molecular flexibility index (Phi) is 3.23. The SMILES string of the molecule is CN(C)C(=O)c1ccc(OC2CC2)c(C(=O)O)c1. The van der Waals surface area contributed by atoms with Crippen molar-refractivity contribution in [2.75, 3.05) is 14.1 Å². The maximum atomic E-state index is 11.8. The van der Waals surface area contributed by atoms with Crippen molar-refractivity contribution in [3.8, 4) is 5.75 Å². The van der Waals surface area contributed by atoms with Crippen LogP contribution in [0.3, 0.4) is 0 Å². The van der Waals surface area contributed by atoms with Crippen LogP contribution < -0.4 is 4.74 Å². The summed E-state index contributed by atoms with van der Waals surface area (Å²) in [5.74, 6) is -0.977. The van der Waals surface area contributed by atoms with E-state index in [1.807, 2.05) is 0 Å². The van der Waals surface area contributed by atoms with Gasteiger partial charge in [-0.1, -0.05) is 0 Å². The minimum Gasteiger partial charge on any atom is -0.490 e. The van der Waals surface area contributed by atoms with Crippen molar-refractivity contribution in [3.05, 3.63) is 29.3 Å². The Morgan fingerprint density at radius 2 is 2.00 bits per heavy atom. The number of benzene rings is 1. The lowest BCUT2D eigenvalue weighted by Crippen LogP contribution is -2.22. The molecule has 18 heavy (non-hydrogen) atoms. The number of carboxylic acid groups (broad SMARTS) is 1. The first kappa shape index (κ1) is 12.4. The number of nitrogens with zero attached hydrogens (tertiary/aromatic N) is 1. The third kappa shape index (κ3) is 2.61. The zero-order valence-corrected chi connectivity index (χ0v) is 10.3. The average molecular weight is 249 g/mol. The molecule has 0 spiro atoms. The number of ether oxygens (including phenoxy) is 1. The predicted molar refractivity (Wildman–Crippen MR) is 65.1 cm³/mol. The van der Waals surface area contributed by atoms with Crippen molar-refractivity contribution >= 4 is 11.9 Å². The van der Waals surface area contributed by atoms with Gasteiger partial charge in [0.05, 0.1) is 6.10 Å². The van der Waals surface area contributed by atoms with Gasteiger partial charge in [0.2, 0.25) is 0 Å². The molecule has 5 heteroatoms. The van der Waals surface area contributed by atoms with Gasteiger partial charge in [0.15, 0.2) is 0 Å². The standard InChI is InChI=1S/C13H15NO4/c1-14(2)12(15)8-3-6-11(18-9-4-5-9)10(7-8)13(16)17/h3,6-7,9H,4-5H2,1-2H3,(H,16,17). The first-order valence-electron chi connectivity index (χ1n) is 5.74. The lowest BCUT2D eigenvalue weighted by atomic mass is 10.1. The molecule has 1 aromatic rings. The van der Waals surface area contributed by atoms with Crippen LogP contribution in [0.1, 0.15) is 33.6 Å². The van der Waals surface area contributed by atoms with Crippen molar-refractivity contribution in [2.24, 2.45) is 0 Å². The Morgan fingerprint density at radius 1 is 1.33 bits per heavy atom. The lowest BCUT2D eigenvalue weighted by Gasteiger charge is -2.13. The maximum Gasteiger partial charge on any atom is 0.339 e. The van der Waals surface area contributed by atoms with Gasteiger partial charge in [0.25, 0.3) is 5.91 Å². The fraction of sp³-hybridized carbons (Fsp3) is 0.385. The summed E-state index contributed by atoms with van der Waals surface area (Å²) in [5.41, 5.74) is 0.384. The summed E-state index contributed by atoms with van der Waals surface area (Å²) in [5, 5.41) is 9.14. The molecule has 1 N–H and O–H groups in total. The Hall–Kier alpha value is -2.04. The number of carbonyl (C=O) groups is 2. The van der Waals surface area contributed by atoms with E-state index in [2.05, 4.69) is 0 Å². The molecule has 1 amide bonds. The molecule has 1 aliphatic rings. The van der Waals surface area contributed by atoms with E-state index in [0.717, 1.165) is 12.8 Å². The Morgan fingerprint density at radius 3 is 2.50 bits per heavy atom. The summed E-state index contributed by atoms with van der Waals surface area (Å²) in [7, 11) is 3.24. The molecule has 0 bridgehead atoms. The van der Waals surface area contributed by atoms with Crippen LogP contribution in [-0.4, -0.2) is 42.1 Å². The lowest BCUT2D eigenvalue weighted by molar-refractivity contribution is 0.0692. The highest BCUT2D eigenvalue weighted by atomic mass is 16.5. The van der Waals surface area contributed by atoms with Gasteiger partial charge in [0, 0.05) is 19.7 Å². The van der Waals surface area contributed by atoms with Crippen LogP contribution in [0.25, 0.3) is 0 Å². The van der Waals surface area contributed by atoms with Crippen LogP contribution in [0.4, 0.5) is 0 Å². The number of carbonyl (C=O) groups excluding carboxylic acids is 1. The van der Waals surface area contributed by atoms with Crippen LogP contribution >= 0.6 is 0 Å². The smallest absolute Gasteiger partial charge is 0.339 e. The van der Waals surface area contributed by atoms with Gasteiger partial charge in [-0.15, -0.1) is 0 Å². The summed E-state index contributed by atoms with van der Waals surface area (Å²) in [4.78, 5) is 24.3. The summed E-state index contributed by atoms with van der Waals surface area (Å²) in [6.07, 6.45) is 2.04. The Bertz CT molecular complexity index is 492. The fourth-order valence-electron chi connectivity index (χ4n) is 1.56. The molecule has 0 aromatic heterocycles. The highest BCUT2D eigenvalue weighted by Crippen LogP contribution is 2.29. The molecule has 0 heterocycles. The number of hydrogen-bond donors (Lipinski definition) is 1. The predicted octanol–water partition coefficient (Wildman–Crippen LogP) is 1.63. The molecule has 0 radical (unpaired) electrons. The highest BCUT2D eigenvalue weighted by molar-refractivity contribution is 5.98. The molecule has 2 rings (SSSR count). The van der Waals surface area contributed by atoms with Gasteiger partial charge in [0.1, 0.15) is 11.3 Å². The largest absolute Gasteiger partial charge is 0.490 e. The number of hydrogen-bond acceptors (Lipinski definition) is 3. The van der Waals surface area contributed by atoms with E-state index >= 15 is 0 Å². The van der Waals surface area contributed by atoms with E-state index in [-0.39, 0.29) is 17.6 Å². The third-order valence-corrected chi connectivity index (χ3v) is 2.68. The summed E-state index contributed by atoms with van der Waals surface area (Å²) in [6.45, 7) is 0. The monoisotopic (exact) mass is 249 g/mol. The van der Waals surface area contributed by atoms with Crippen LogP contribution in [0.5, 0.6) is 5.75 Å². The molecule has 1 aliphatic carbocycles. The van der Waals surface area contributed by atoms with Crippen LogP contribution in [0.2, 0.25) is 0 Å². The van der Waals surface area contributed by atoms with Gasteiger partial charge in [-0.05, 0) is 31.0 Å². The minimum absolute atomic E-state index is 0.0367. The van der Waals surface area contributed by atoms with Crippen molar-refractivity contribution in [3.63, 3.8) is 0 Å². The van der Waals surface area contributed by atoms with Gasteiger partial charge in [-0.2, -0.15) is 0 Å². The normalized spacial score (nSPS) is 14.1. The quantitative estimate of drug-likeness (QED) is 0.880. The molecular formula is C13H15NO4. The van der Waals surface area contributed by atoms with E-state index in [1.165, 1.54) is 11.0 Å². The molecule has 0 saturated heterocycles. The molecule has 96 valence electrons. The second-order valence-corrected chi connectivity index (χ2v) is 4.53. The van der Waals surface area contributed by atoms with E-state index in [0.29, 0.717) is 11.3 Å². The van der Waals surface area contributed by atoms with E-state index < -0.39 is 5.97 Å². The number of rotatable bonds is 4. The van der Waals surface area contributed by atoms with Crippen molar-refractivity contribution in [1.29, 1.82) is 0 Å². The zero-order chi connectivity index (χ0) is 13.3. The maximum absolute atomic E-state index is 11.8. The first-order valence-corrected chi connectivity index (χ1v) is 5.74. The molecule has 0 unspecified atom stereocenters. The van der Waals surface area contributed by atoms with Crippen LogP contribution in [-0.2, 0) is 0 Å². The summed E-state index contributed by atoms with van der Waals surface area (Å²) >= 11 is 0. The topological polar surface area (TPSA) is 66.8 Å². The zero-order valence-electron chi connectivity index (χ0n) is 10.3. The first-order chi connectivity index (χ1) is 8.49. The molecule has 1 saturated carbocycles. The van der Waals surface area contributed by atoms with Crippen molar-refractivity contribution < 1.29 is 19.4 Å². The second kappa shape index (κ2) is 4.68. The average Bonchev–Trinajstić information content (AvgIpc) is 3.12. The summed E-state index contributed by atoms with van der Waals surface area (Å²) in [6, 6.07) is 4.51. The van der Waals surface area contributed by atoms with Crippen LogP contribution in [0.15, 0.2) is 18.2 Å². The number of aromatic carboxylic acids is 1. The number of amides is 1. The Labute approximate surface area is 105 Å². The van der Waals surface area contributed by atoms with Gasteiger partial charge in [-0.3, -0.25) is 4.79 Å². The van der Waals surface area contributed by atoms with E-state index in [9.17, 15) is 9.59 Å². The molecule has 0 atom stereocenters. The molecule has 5 nitrogen and oxygen atoms in total.